The second-order valence-electron chi connectivity index (χ2n) is 8.29. The number of halogens is 1. The zero-order chi connectivity index (χ0) is 20.5. The van der Waals surface area contributed by atoms with Crippen molar-refractivity contribution < 1.29 is 13.9 Å². The van der Waals surface area contributed by atoms with Crippen LogP contribution in [0.15, 0.2) is 12.3 Å². The van der Waals surface area contributed by atoms with Crippen LogP contribution in [0.2, 0.25) is 0 Å². The van der Waals surface area contributed by atoms with Crippen LogP contribution in [0.5, 0.6) is 0 Å². The minimum Gasteiger partial charge on any atom is -0.379 e. The molecule has 0 radical (unpaired) electrons. The first-order valence-corrected chi connectivity index (χ1v) is 10.9. The molecule has 8 nitrogen and oxygen atoms in total. The number of amides is 1. The highest BCUT2D eigenvalue weighted by Crippen LogP contribution is 2.30. The van der Waals surface area contributed by atoms with E-state index in [1.54, 1.807) is 4.90 Å². The van der Waals surface area contributed by atoms with Crippen molar-refractivity contribution >= 4 is 22.6 Å². The largest absolute Gasteiger partial charge is 0.379 e. The average Bonchev–Trinajstić information content (AvgIpc) is 3.04. The first-order valence-electron chi connectivity index (χ1n) is 10.9. The molecule has 5 rings (SSSR count). The minimum absolute atomic E-state index is 0.0157. The summed E-state index contributed by atoms with van der Waals surface area (Å²) >= 11 is 0. The molecule has 3 aliphatic heterocycles. The van der Waals surface area contributed by atoms with E-state index in [-0.39, 0.29) is 18.3 Å². The molecule has 9 heteroatoms. The fraction of sp³-hybridized carbons (Fsp3) is 0.619. The summed E-state index contributed by atoms with van der Waals surface area (Å²) in [5, 5.41) is 7.15. The van der Waals surface area contributed by atoms with Gasteiger partial charge in [0.05, 0.1) is 49.1 Å². The monoisotopic (exact) mass is 416 g/mol. The van der Waals surface area contributed by atoms with Gasteiger partial charge in [-0.15, -0.1) is 0 Å². The summed E-state index contributed by atoms with van der Waals surface area (Å²) in [6.07, 6.45) is 3.31. The Morgan fingerprint density at radius 3 is 2.83 bits per heavy atom. The van der Waals surface area contributed by atoms with Crippen molar-refractivity contribution in [3.63, 3.8) is 0 Å². The number of fused-ring (bicyclic) bond motifs is 3. The lowest BCUT2D eigenvalue weighted by Crippen LogP contribution is -2.46. The van der Waals surface area contributed by atoms with E-state index in [0.717, 1.165) is 44.8 Å². The maximum absolute atomic E-state index is 15.3. The van der Waals surface area contributed by atoms with Crippen molar-refractivity contribution in [3.8, 4) is 0 Å². The molecule has 5 heterocycles. The third kappa shape index (κ3) is 3.77. The van der Waals surface area contributed by atoms with Crippen LogP contribution < -0.4 is 15.5 Å². The Morgan fingerprint density at radius 1 is 1.23 bits per heavy atom. The molecule has 1 unspecified atom stereocenters. The molecule has 2 N–H and O–H groups in total. The van der Waals surface area contributed by atoms with Gasteiger partial charge in [0.15, 0.2) is 5.82 Å². The van der Waals surface area contributed by atoms with Gasteiger partial charge in [0, 0.05) is 45.3 Å². The van der Waals surface area contributed by atoms with E-state index in [4.69, 9.17) is 4.74 Å². The third-order valence-corrected chi connectivity index (χ3v) is 6.40. The molecule has 1 atom stereocenters. The van der Waals surface area contributed by atoms with E-state index in [9.17, 15) is 4.79 Å². The maximum Gasteiger partial charge on any atom is 0.225 e. The van der Waals surface area contributed by atoms with Crippen molar-refractivity contribution in [2.75, 3.05) is 57.4 Å². The van der Waals surface area contributed by atoms with Crippen LogP contribution in [0, 0.1) is 5.82 Å². The van der Waals surface area contributed by atoms with Crippen molar-refractivity contribution in [2.24, 2.45) is 0 Å². The highest BCUT2D eigenvalue weighted by molar-refractivity contribution is 5.83. The van der Waals surface area contributed by atoms with Gasteiger partial charge in [0.2, 0.25) is 5.91 Å². The molecule has 0 saturated carbocycles. The van der Waals surface area contributed by atoms with Crippen molar-refractivity contribution in [2.45, 2.75) is 32.0 Å². The number of rotatable bonds is 6. The number of hydrogen-bond acceptors (Lipinski definition) is 6. The van der Waals surface area contributed by atoms with Gasteiger partial charge in [-0.2, -0.15) is 0 Å². The Balaban J connectivity index is 1.26. The Morgan fingerprint density at radius 2 is 2.07 bits per heavy atom. The standard InChI is InChI=1S/C21H29FN6O2/c22-20-17-11-16(26-6-4-23-5-7-26)12-25-21(17)28-9-8-27(13-18(20)28)19(29)2-10-30-14-15-1-3-24-15/h11-12,15,23-24H,1-10,13-14H2. The fourth-order valence-corrected chi connectivity index (χ4v) is 4.44. The molecule has 0 bridgehead atoms. The van der Waals surface area contributed by atoms with Gasteiger partial charge in [-0.05, 0) is 19.0 Å². The zero-order valence-electron chi connectivity index (χ0n) is 17.2. The first kappa shape index (κ1) is 19.7. The van der Waals surface area contributed by atoms with Gasteiger partial charge < -0.3 is 29.7 Å². The normalized spacial score (nSPS) is 21.6. The first-order chi connectivity index (χ1) is 14.7. The second kappa shape index (κ2) is 8.49. The molecule has 2 fully saturated rings. The smallest absolute Gasteiger partial charge is 0.225 e. The Hall–Kier alpha value is -2.23. The highest BCUT2D eigenvalue weighted by atomic mass is 19.1. The van der Waals surface area contributed by atoms with Gasteiger partial charge in [0.1, 0.15) is 5.65 Å². The molecule has 3 aliphatic rings. The summed E-state index contributed by atoms with van der Waals surface area (Å²) in [6.45, 7) is 7.16. The average molecular weight is 417 g/mol. The summed E-state index contributed by atoms with van der Waals surface area (Å²) in [6, 6.07) is 2.33. The predicted octanol–water partition coefficient (Wildman–Crippen LogP) is 0.696. The van der Waals surface area contributed by atoms with Crippen molar-refractivity contribution in [1.29, 1.82) is 0 Å². The summed E-state index contributed by atoms with van der Waals surface area (Å²) in [4.78, 5) is 21.1. The van der Waals surface area contributed by atoms with E-state index in [0.29, 0.717) is 55.5 Å². The molecule has 2 aromatic rings. The number of pyridine rings is 1. The number of ether oxygens (including phenoxy) is 1. The van der Waals surface area contributed by atoms with Crippen molar-refractivity contribution in [1.82, 2.24) is 25.1 Å². The van der Waals surface area contributed by atoms with Crippen LogP contribution in [0.1, 0.15) is 18.5 Å². The lowest BCUT2D eigenvalue weighted by Gasteiger charge is -2.30. The molecular weight excluding hydrogens is 387 g/mol. The number of anilines is 1. The van der Waals surface area contributed by atoms with Crippen LogP contribution in [0.3, 0.4) is 0 Å². The number of piperazine rings is 1. The molecule has 2 aromatic heterocycles. The Kier molecular flexibility index (Phi) is 5.58. The quantitative estimate of drug-likeness (QED) is 0.676. The molecule has 1 amide bonds. The number of hydrogen-bond donors (Lipinski definition) is 2. The number of nitrogens with zero attached hydrogens (tertiary/aromatic N) is 4. The van der Waals surface area contributed by atoms with Crippen LogP contribution in [0.4, 0.5) is 10.1 Å². The van der Waals surface area contributed by atoms with Crippen LogP contribution in [-0.4, -0.2) is 78.9 Å². The van der Waals surface area contributed by atoms with E-state index < -0.39 is 0 Å². The van der Waals surface area contributed by atoms with E-state index >= 15 is 4.39 Å². The van der Waals surface area contributed by atoms with Crippen LogP contribution in [0.25, 0.3) is 11.0 Å². The van der Waals surface area contributed by atoms with Gasteiger partial charge in [-0.3, -0.25) is 4.79 Å². The highest BCUT2D eigenvalue weighted by Gasteiger charge is 2.28. The van der Waals surface area contributed by atoms with E-state index in [1.165, 1.54) is 0 Å². The van der Waals surface area contributed by atoms with Crippen LogP contribution in [-0.2, 0) is 22.6 Å². The second-order valence-corrected chi connectivity index (χ2v) is 8.29. The summed E-state index contributed by atoms with van der Waals surface area (Å²) in [7, 11) is 0. The zero-order valence-corrected chi connectivity index (χ0v) is 17.2. The van der Waals surface area contributed by atoms with Gasteiger partial charge in [0.25, 0.3) is 0 Å². The molecular formula is C21H29FN6O2. The molecule has 2 saturated heterocycles. The summed E-state index contributed by atoms with van der Waals surface area (Å²) in [5.41, 5.74) is 2.18. The number of aromatic nitrogens is 2. The maximum atomic E-state index is 15.3. The lowest BCUT2D eigenvalue weighted by molar-refractivity contribution is -0.133. The lowest BCUT2D eigenvalue weighted by atomic mass is 10.1. The predicted molar refractivity (Wildman–Crippen MR) is 112 cm³/mol. The minimum atomic E-state index is -0.251. The molecule has 30 heavy (non-hydrogen) atoms. The summed E-state index contributed by atoms with van der Waals surface area (Å²) in [5.74, 6) is -0.235. The van der Waals surface area contributed by atoms with Gasteiger partial charge in [-0.1, -0.05) is 0 Å². The molecule has 0 aromatic carbocycles. The third-order valence-electron chi connectivity index (χ3n) is 6.40. The number of nitrogens with one attached hydrogen (secondary N) is 2. The van der Waals surface area contributed by atoms with E-state index in [1.807, 2.05) is 16.8 Å². The SMILES string of the molecule is O=C(CCOCC1CCN1)N1CCn2c(c(F)c3cc(N4CCNCC4)cnc32)C1. The van der Waals surface area contributed by atoms with Crippen LogP contribution >= 0.6 is 0 Å². The van der Waals surface area contributed by atoms with Crippen molar-refractivity contribution in [3.05, 3.63) is 23.8 Å². The molecule has 0 spiro atoms. The molecule has 0 aliphatic carbocycles. The Bertz CT molecular complexity index is 922. The van der Waals surface area contributed by atoms with Gasteiger partial charge >= 0.3 is 0 Å². The van der Waals surface area contributed by atoms with Gasteiger partial charge in [-0.25, -0.2) is 9.37 Å². The van der Waals surface area contributed by atoms with E-state index in [2.05, 4.69) is 20.5 Å². The number of carbonyl (C=O) groups is 1. The Labute approximate surface area is 175 Å². The topological polar surface area (TPSA) is 74.7 Å². The molecule has 162 valence electrons. The summed E-state index contributed by atoms with van der Waals surface area (Å²) < 4.78 is 22.8. The fourth-order valence-electron chi connectivity index (χ4n) is 4.44. The number of carbonyl (C=O) groups excluding carboxylic acids is 1.